The van der Waals surface area contributed by atoms with Crippen LogP contribution in [0.1, 0.15) is 28.9 Å². The Bertz CT molecular complexity index is 1050. The molecule has 0 aliphatic carbocycles. The van der Waals surface area contributed by atoms with Crippen LogP contribution in [0, 0.1) is 5.82 Å². The number of para-hydroxylation sites is 2. The van der Waals surface area contributed by atoms with Gasteiger partial charge in [0.25, 0.3) is 5.91 Å². The van der Waals surface area contributed by atoms with Crippen molar-refractivity contribution in [3.63, 3.8) is 0 Å². The minimum absolute atomic E-state index is 0.0487. The lowest BCUT2D eigenvalue weighted by Crippen LogP contribution is -2.31. The van der Waals surface area contributed by atoms with Gasteiger partial charge >= 0.3 is 0 Å². The van der Waals surface area contributed by atoms with Gasteiger partial charge in [-0.15, -0.1) is 0 Å². The third-order valence-corrected chi connectivity index (χ3v) is 4.72. The van der Waals surface area contributed by atoms with E-state index >= 15 is 0 Å². The third kappa shape index (κ3) is 5.90. The van der Waals surface area contributed by atoms with Crippen LogP contribution in [-0.2, 0) is 4.79 Å². The summed E-state index contributed by atoms with van der Waals surface area (Å²) in [7, 11) is 1.60. The number of hydrogen-bond donors (Lipinski definition) is 3. The molecule has 7 heteroatoms. The molecule has 3 N–H and O–H groups in total. The SMILES string of the molecule is COc1ccccc1[C@@H](C)NCC(=O)Nc1ccccc1C(=O)Nc1ccc(F)cc1. The van der Waals surface area contributed by atoms with E-state index in [-0.39, 0.29) is 24.3 Å². The second kappa shape index (κ2) is 10.4. The fourth-order valence-electron chi connectivity index (χ4n) is 3.10. The summed E-state index contributed by atoms with van der Waals surface area (Å²) in [5, 5.41) is 8.62. The van der Waals surface area contributed by atoms with Gasteiger partial charge in [0, 0.05) is 17.3 Å². The first-order valence-electron chi connectivity index (χ1n) is 9.80. The molecule has 0 radical (unpaired) electrons. The summed E-state index contributed by atoms with van der Waals surface area (Å²) in [4.78, 5) is 25.1. The number of methoxy groups -OCH3 is 1. The fraction of sp³-hybridized carbons (Fsp3) is 0.167. The van der Waals surface area contributed by atoms with E-state index in [0.29, 0.717) is 16.9 Å². The lowest BCUT2D eigenvalue weighted by atomic mass is 10.1. The predicted octanol–water partition coefficient (Wildman–Crippen LogP) is 4.38. The molecule has 160 valence electrons. The van der Waals surface area contributed by atoms with E-state index < -0.39 is 5.91 Å². The largest absolute Gasteiger partial charge is 0.496 e. The molecular formula is C24H24FN3O3. The van der Waals surface area contributed by atoms with Crippen molar-refractivity contribution in [2.45, 2.75) is 13.0 Å². The normalized spacial score (nSPS) is 11.5. The molecule has 0 fully saturated rings. The zero-order valence-electron chi connectivity index (χ0n) is 17.3. The summed E-state index contributed by atoms with van der Waals surface area (Å²) < 4.78 is 18.4. The highest BCUT2D eigenvalue weighted by atomic mass is 19.1. The molecule has 6 nitrogen and oxygen atoms in total. The van der Waals surface area contributed by atoms with Gasteiger partial charge in [0.15, 0.2) is 0 Å². The Balaban J connectivity index is 1.62. The van der Waals surface area contributed by atoms with Crippen molar-refractivity contribution in [2.24, 2.45) is 0 Å². The van der Waals surface area contributed by atoms with Crippen LogP contribution in [0.3, 0.4) is 0 Å². The van der Waals surface area contributed by atoms with Crippen molar-refractivity contribution in [3.05, 3.63) is 89.7 Å². The fourth-order valence-corrected chi connectivity index (χ4v) is 3.10. The maximum atomic E-state index is 13.1. The molecule has 1 atom stereocenters. The summed E-state index contributed by atoms with van der Waals surface area (Å²) in [6, 6.07) is 19.6. The minimum atomic E-state index is -0.405. The Morgan fingerprint density at radius 1 is 0.935 bits per heavy atom. The summed E-state index contributed by atoms with van der Waals surface area (Å²) in [6.07, 6.45) is 0. The standard InChI is InChI=1S/C24H24FN3O3/c1-16(19-7-4-6-10-22(19)31-2)26-15-23(29)28-21-9-5-3-8-20(21)24(30)27-18-13-11-17(25)12-14-18/h3-14,16,26H,15H2,1-2H3,(H,27,30)(H,28,29)/t16-/m1/s1. The van der Waals surface area contributed by atoms with E-state index in [1.165, 1.54) is 24.3 Å². The smallest absolute Gasteiger partial charge is 0.257 e. The van der Waals surface area contributed by atoms with Crippen LogP contribution in [0.15, 0.2) is 72.8 Å². The highest BCUT2D eigenvalue weighted by Gasteiger charge is 2.15. The number of rotatable bonds is 8. The van der Waals surface area contributed by atoms with Crippen LogP contribution in [0.4, 0.5) is 15.8 Å². The third-order valence-electron chi connectivity index (χ3n) is 4.72. The number of anilines is 2. The summed E-state index contributed by atoms with van der Waals surface area (Å²) in [6.45, 7) is 1.99. The van der Waals surface area contributed by atoms with Crippen LogP contribution in [0.25, 0.3) is 0 Å². The number of carbonyl (C=O) groups is 2. The molecule has 0 bridgehead atoms. The summed E-state index contributed by atoms with van der Waals surface area (Å²) in [5.41, 5.74) is 2.09. The molecule has 0 saturated heterocycles. The molecule has 2 amide bonds. The first-order chi connectivity index (χ1) is 15.0. The Kier molecular flexibility index (Phi) is 7.35. The van der Waals surface area contributed by atoms with Gasteiger partial charge in [-0.2, -0.15) is 0 Å². The maximum Gasteiger partial charge on any atom is 0.257 e. The van der Waals surface area contributed by atoms with Gasteiger partial charge in [0.05, 0.1) is 24.9 Å². The summed E-state index contributed by atoms with van der Waals surface area (Å²) in [5.74, 6) is -0.340. The van der Waals surface area contributed by atoms with Crippen LogP contribution in [-0.4, -0.2) is 25.5 Å². The van der Waals surface area contributed by atoms with Crippen LogP contribution in [0.5, 0.6) is 5.75 Å². The van der Waals surface area contributed by atoms with Gasteiger partial charge in [-0.1, -0.05) is 30.3 Å². The number of ether oxygens (including phenoxy) is 1. The van der Waals surface area contributed by atoms with Crippen molar-refractivity contribution in [1.82, 2.24) is 5.32 Å². The Hall–Kier alpha value is -3.71. The van der Waals surface area contributed by atoms with E-state index in [1.807, 2.05) is 31.2 Å². The zero-order valence-corrected chi connectivity index (χ0v) is 17.3. The lowest BCUT2D eigenvalue weighted by molar-refractivity contribution is -0.115. The van der Waals surface area contributed by atoms with Crippen molar-refractivity contribution in [1.29, 1.82) is 0 Å². The average molecular weight is 421 g/mol. The number of nitrogens with one attached hydrogen (secondary N) is 3. The van der Waals surface area contributed by atoms with E-state index in [9.17, 15) is 14.0 Å². The summed E-state index contributed by atoms with van der Waals surface area (Å²) >= 11 is 0. The van der Waals surface area contributed by atoms with Gasteiger partial charge in [-0.3, -0.25) is 9.59 Å². The lowest BCUT2D eigenvalue weighted by Gasteiger charge is -2.17. The van der Waals surface area contributed by atoms with E-state index in [4.69, 9.17) is 4.74 Å². The Morgan fingerprint density at radius 2 is 1.61 bits per heavy atom. The number of benzene rings is 3. The predicted molar refractivity (Wildman–Crippen MR) is 119 cm³/mol. The van der Waals surface area contributed by atoms with Crippen LogP contribution < -0.4 is 20.7 Å². The maximum absolute atomic E-state index is 13.1. The van der Waals surface area contributed by atoms with E-state index in [2.05, 4.69) is 16.0 Å². The monoisotopic (exact) mass is 421 g/mol. The second-order valence-corrected chi connectivity index (χ2v) is 6.90. The second-order valence-electron chi connectivity index (χ2n) is 6.90. The van der Waals surface area contributed by atoms with E-state index in [0.717, 1.165) is 11.3 Å². The van der Waals surface area contributed by atoms with Gasteiger partial charge in [-0.25, -0.2) is 4.39 Å². The first-order valence-corrected chi connectivity index (χ1v) is 9.80. The van der Waals surface area contributed by atoms with Crippen LogP contribution >= 0.6 is 0 Å². The molecule has 0 unspecified atom stereocenters. The van der Waals surface area contributed by atoms with Crippen molar-refractivity contribution in [2.75, 3.05) is 24.3 Å². The molecule has 0 aromatic heterocycles. The molecular weight excluding hydrogens is 397 g/mol. The van der Waals surface area contributed by atoms with Crippen molar-refractivity contribution in [3.8, 4) is 5.75 Å². The van der Waals surface area contributed by atoms with Gasteiger partial charge < -0.3 is 20.7 Å². The number of carbonyl (C=O) groups excluding carboxylic acids is 2. The zero-order chi connectivity index (χ0) is 22.2. The number of hydrogen-bond acceptors (Lipinski definition) is 4. The molecule has 0 aliphatic heterocycles. The van der Waals surface area contributed by atoms with Gasteiger partial charge in [0.2, 0.25) is 5.91 Å². The first kappa shape index (κ1) is 22.0. The van der Waals surface area contributed by atoms with Crippen LogP contribution in [0.2, 0.25) is 0 Å². The molecule has 0 heterocycles. The van der Waals surface area contributed by atoms with E-state index in [1.54, 1.807) is 31.4 Å². The highest BCUT2D eigenvalue weighted by Crippen LogP contribution is 2.24. The molecule has 3 rings (SSSR count). The Labute approximate surface area is 180 Å². The average Bonchev–Trinajstić information content (AvgIpc) is 2.79. The molecule has 3 aromatic rings. The molecule has 0 aliphatic rings. The van der Waals surface area contributed by atoms with Gasteiger partial charge in [-0.05, 0) is 49.4 Å². The minimum Gasteiger partial charge on any atom is -0.496 e. The quantitative estimate of drug-likeness (QED) is 0.504. The topological polar surface area (TPSA) is 79.5 Å². The molecule has 3 aromatic carbocycles. The van der Waals surface area contributed by atoms with Crippen molar-refractivity contribution < 1.29 is 18.7 Å². The molecule has 31 heavy (non-hydrogen) atoms. The number of amides is 2. The van der Waals surface area contributed by atoms with Crippen molar-refractivity contribution >= 4 is 23.2 Å². The molecule has 0 spiro atoms. The number of halogens is 1. The molecule has 0 saturated carbocycles. The Morgan fingerprint density at radius 3 is 2.35 bits per heavy atom. The highest BCUT2D eigenvalue weighted by molar-refractivity contribution is 6.10. The van der Waals surface area contributed by atoms with Gasteiger partial charge in [0.1, 0.15) is 11.6 Å².